The number of amides is 2. The summed E-state index contributed by atoms with van der Waals surface area (Å²) < 4.78 is 0. The van der Waals surface area contributed by atoms with Crippen LogP contribution in [0.4, 0.5) is 0 Å². The predicted molar refractivity (Wildman–Crippen MR) is 64.0 cm³/mol. The molecule has 0 fully saturated rings. The second kappa shape index (κ2) is 8.53. The lowest BCUT2D eigenvalue weighted by atomic mass is 10.2. The van der Waals surface area contributed by atoms with E-state index in [0.29, 0.717) is 13.1 Å². The van der Waals surface area contributed by atoms with E-state index in [1.165, 1.54) is 0 Å². The molecule has 0 spiro atoms. The largest absolute Gasteiger partial charge is 0.342 e. The number of nitrogens with one attached hydrogen (secondary N) is 2. The topological polar surface area (TPSA) is 85.2 Å². The highest BCUT2D eigenvalue weighted by molar-refractivity contribution is 5.83. The molecule has 96 valence electrons. The van der Waals surface area contributed by atoms with Gasteiger partial charge in [-0.15, -0.1) is 0 Å². The van der Waals surface area contributed by atoms with Gasteiger partial charge in [0.1, 0.15) is 6.54 Å². The quantitative estimate of drug-likeness (QED) is 0.586. The highest BCUT2D eigenvalue weighted by Gasteiger charge is 2.18. The van der Waals surface area contributed by atoms with Crippen LogP contribution in [0.3, 0.4) is 0 Å². The van der Waals surface area contributed by atoms with Gasteiger partial charge in [0, 0.05) is 13.1 Å². The van der Waals surface area contributed by atoms with Crippen LogP contribution in [0.15, 0.2) is 0 Å². The Morgan fingerprint density at radius 2 is 1.94 bits per heavy atom. The summed E-state index contributed by atoms with van der Waals surface area (Å²) >= 11 is 0. The zero-order valence-corrected chi connectivity index (χ0v) is 10.6. The highest BCUT2D eigenvalue weighted by atomic mass is 16.2. The molecule has 1 unspecified atom stereocenters. The summed E-state index contributed by atoms with van der Waals surface area (Å²) in [7, 11) is 0. The molecule has 0 saturated carbocycles. The van der Waals surface area contributed by atoms with Gasteiger partial charge < -0.3 is 10.2 Å². The summed E-state index contributed by atoms with van der Waals surface area (Å²) in [5.41, 5.74) is 0. The monoisotopic (exact) mass is 240 g/mol. The second-order valence-electron chi connectivity index (χ2n) is 3.55. The molecule has 0 aromatic heterocycles. The van der Waals surface area contributed by atoms with Crippen LogP contribution in [0.5, 0.6) is 0 Å². The van der Waals surface area contributed by atoms with E-state index in [9.17, 15) is 9.59 Å². The summed E-state index contributed by atoms with van der Waals surface area (Å²) in [5, 5.41) is 13.5. The van der Waals surface area contributed by atoms with Gasteiger partial charge in [-0.1, -0.05) is 0 Å². The molecule has 1 atom stereocenters. The molecule has 0 aliphatic rings. The van der Waals surface area contributed by atoms with E-state index in [4.69, 9.17) is 5.26 Å². The molecule has 2 N–H and O–H groups in total. The van der Waals surface area contributed by atoms with Crippen LogP contribution in [-0.2, 0) is 9.59 Å². The summed E-state index contributed by atoms with van der Waals surface area (Å²) in [6, 6.07) is 1.41. The molecule has 0 heterocycles. The zero-order chi connectivity index (χ0) is 13.3. The van der Waals surface area contributed by atoms with Crippen molar-refractivity contribution in [3.05, 3.63) is 0 Å². The lowest BCUT2D eigenvalue weighted by Gasteiger charge is -2.23. The van der Waals surface area contributed by atoms with Gasteiger partial charge in [0.15, 0.2) is 0 Å². The Morgan fingerprint density at radius 3 is 2.41 bits per heavy atom. The van der Waals surface area contributed by atoms with Gasteiger partial charge in [0.05, 0.1) is 18.7 Å². The van der Waals surface area contributed by atoms with Crippen LogP contribution in [-0.4, -0.2) is 48.9 Å². The van der Waals surface area contributed by atoms with Crippen molar-refractivity contribution in [2.45, 2.75) is 26.8 Å². The first kappa shape index (κ1) is 15.4. The first-order valence-electron chi connectivity index (χ1n) is 5.72. The van der Waals surface area contributed by atoms with Gasteiger partial charge >= 0.3 is 0 Å². The maximum atomic E-state index is 11.8. The molecule has 0 aliphatic carbocycles. The molecule has 0 bridgehead atoms. The molecule has 6 heteroatoms. The second-order valence-corrected chi connectivity index (χ2v) is 3.55. The molecular formula is C11H20N4O2. The van der Waals surface area contributed by atoms with Gasteiger partial charge in [0.2, 0.25) is 11.8 Å². The first-order chi connectivity index (χ1) is 8.06. The van der Waals surface area contributed by atoms with Gasteiger partial charge in [-0.2, -0.15) is 5.26 Å². The smallest absolute Gasteiger partial charge is 0.239 e. The minimum Gasteiger partial charge on any atom is -0.342 e. The van der Waals surface area contributed by atoms with E-state index >= 15 is 0 Å². The number of rotatable bonds is 7. The number of carbonyl (C=O) groups is 2. The van der Waals surface area contributed by atoms with Crippen LogP contribution < -0.4 is 10.6 Å². The van der Waals surface area contributed by atoms with Crippen molar-refractivity contribution in [1.82, 2.24) is 15.5 Å². The minimum atomic E-state index is -0.400. The van der Waals surface area contributed by atoms with Crippen molar-refractivity contribution < 1.29 is 9.59 Å². The Bertz CT molecular complexity index is 294. The number of hydrogen-bond acceptors (Lipinski definition) is 4. The molecule has 17 heavy (non-hydrogen) atoms. The van der Waals surface area contributed by atoms with Crippen LogP contribution in [0, 0.1) is 11.3 Å². The Hall–Kier alpha value is -1.61. The fourth-order valence-electron chi connectivity index (χ4n) is 1.34. The minimum absolute atomic E-state index is 0.0150. The third-order valence-electron chi connectivity index (χ3n) is 2.38. The molecule has 2 amide bonds. The predicted octanol–water partition coefficient (Wildman–Crippen LogP) is -0.527. The van der Waals surface area contributed by atoms with Gasteiger partial charge in [-0.25, -0.2) is 0 Å². The van der Waals surface area contributed by atoms with E-state index in [1.54, 1.807) is 11.8 Å². The lowest BCUT2D eigenvalue weighted by molar-refractivity contribution is -0.132. The average molecular weight is 240 g/mol. The standard InChI is InChI=1S/C11H20N4O2/c1-4-15(5-2)11(17)9(3)14-8-10(16)13-7-6-12/h9,14H,4-5,7-8H2,1-3H3,(H,13,16). The molecule has 0 aliphatic heterocycles. The van der Waals surface area contributed by atoms with Crippen molar-refractivity contribution >= 4 is 11.8 Å². The number of carbonyl (C=O) groups excluding carboxylic acids is 2. The number of nitrogens with zero attached hydrogens (tertiary/aromatic N) is 2. The maximum absolute atomic E-state index is 11.8. The van der Waals surface area contributed by atoms with Crippen LogP contribution >= 0.6 is 0 Å². The number of likely N-dealkylation sites (N-methyl/N-ethyl adjacent to an activating group) is 1. The van der Waals surface area contributed by atoms with Gasteiger partial charge in [-0.3, -0.25) is 14.9 Å². The summed E-state index contributed by atoms with van der Waals surface area (Å²) in [6.45, 7) is 6.87. The number of hydrogen-bond donors (Lipinski definition) is 2. The van der Waals surface area contributed by atoms with Crippen molar-refractivity contribution in [3.8, 4) is 6.07 Å². The Kier molecular flexibility index (Phi) is 7.72. The van der Waals surface area contributed by atoms with Crippen LogP contribution in [0.1, 0.15) is 20.8 Å². The Balaban J connectivity index is 4.01. The SMILES string of the molecule is CCN(CC)C(=O)C(C)NCC(=O)NCC#N. The molecule has 6 nitrogen and oxygen atoms in total. The normalized spacial score (nSPS) is 11.4. The molecule has 0 radical (unpaired) electrons. The molecular weight excluding hydrogens is 220 g/mol. The molecule has 0 rings (SSSR count). The van der Waals surface area contributed by atoms with Crippen molar-refractivity contribution in [2.24, 2.45) is 0 Å². The molecule has 0 aromatic carbocycles. The van der Waals surface area contributed by atoms with Crippen molar-refractivity contribution in [2.75, 3.05) is 26.2 Å². The van der Waals surface area contributed by atoms with Gasteiger partial charge in [-0.05, 0) is 20.8 Å². The zero-order valence-electron chi connectivity index (χ0n) is 10.6. The van der Waals surface area contributed by atoms with Crippen molar-refractivity contribution in [1.29, 1.82) is 5.26 Å². The van der Waals surface area contributed by atoms with Crippen molar-refractivity contribution in [3.63, 3.8) is 0 Å². The Morgan fingerprint density at radius 1 is 1.35 bits per heavy atom. The third-order valence-corrected chi connectivity index (χ3v) is 2.38. The first-order valence-corrected chi connectivity index (χ1v) is 5.72. The fourth-order valence-corrected chi connectivity index (χ4v) is 1.34. The summed E-state index contributed by atoms with van der Waals surface area (Å²) in [5.74, 6) is -0.311. The van der Waals surface area contributed by atoms with E-state index in [0.717, 1.165) is 0 Å². The van der Waals surface area contributed by atoms with E-state index < -0.39 is 6.04 Å². The summed E-state index contributed by atoms with van der Waals surface area (Å²) in [6.07, 6.45) is 0. The van der Waals surface area contributed by atoms with E-state index in [-0.39, 0.29) is 24.9 Å². The average Bonchev–Trinajstić information content (AvgIpc) is 2.34. The summed E-state index contributed by atoms with van der Waals surface area (Å²) in [4.78, 5) is 24.7. The van der Waals surface area contributed by atoms with Crippen LogP contribution in [0.25, 0.3) is 0 Å². The third kappa shape index (κ3) is 5.88. The number of nitriles is 1. The maximum Gasteiger partial charge on any atom is 0.239 e. The van der Waals surface area contributed by atoms with E-state index in [1.807, 2.05) is 19.9 Å². The fraction of sp³-hybridized carbons (Fsp3) is 0.727. The van der Waals surface area contributed by atoms with Crippen LogP contribution in [0.2, 0.25) is 0 Å². The van der Waals surface area contributed by atoms with Gasteiger partial charge in [0.25, 0.3) is 0 Å². The molecule has 0 aromatic rings. The lowest BCUT2D eigenvalue weighted by Crippen LogP contribution is -2.47. The van der Waals surface area contributed by atoms with E-state index in [2.05, 4.69) is 10.6 Å². The Labute approximate surface area is 102 Å². The highest BCUT2D eigenvalue weighted by Crippen LogP contribution is 1.94. The molecule has 0 saturated heterocycles.